The Morgan fingerprint density at radius 3 is 2.69 bits per heavy atom. The quantitative estimate of drug-likeness (QED) is 0.691. The molecule has 16 heavy (non-hydrogen) atoms. The summed E-state index contributed by atoms with van der Waals surface area (Å²) in [6.45, 7) is 3.75. The van der Waals surface area contributed by atoms with Gasteiger partial charge in [0, 0.05) is 18.2 Å². The van der Waals surface area contributed by atoms with Crippen molar-refractivity contribution in [2.45, 2.75) is 26.0 Å². The lowest BCUT2D eigenvalue weighted by atomic mass is 10.1. The topological polar surface area (TPSA) is 75.4 Å². The zero-order chi connectivity index (χ0) is 12.1. The molecular formula is C12H18N2O2. The molecule has 1 rings (SSSR count). The first kappa shape index (κ1) is 12.7. The van der Waals surface area contributed by atoms with Gasteiger partial charge in [-0.2, -0.15) is 0 Å². The maximum absolute atomic E-state index is 11.7. The third-order valence-electron chi connectivity index (χ3n) is 2.51. The van der Waals surface area contributed by atoms with E-state index in [0.29, 0.717) is 5.56 Å². The fourth-order valence-electron chi connectivity index (χ4n) is 1.30. The summed E-state index contributed by atoms with van der Waals surface area (Å²) in [5.74, 6) is -0.158. The number of aliphatic hydroxyl groups excluding tert-OH is 1. The van der Waals surface area contributed by atoms with Gasteiger partial charge < -0.3 is 16.2 Å². The summed E-state index contributed by atoms with van der Waals surface area (Å²) in [5, 5.41) is 11.9. The van der Waals surface area contributed by atoms with E-state index in [0.717, 1.165) is 5.56 Å². The molecule has 88 valence electrons. The maximum atomic E-state index is 11.7. The predicted molar refractivity (Wildman–Crippen MR) is 63.2 cm³/mol. The normalized spacial score (nSPS) is 14.2. The van der Waals surface area contributed by atoms with Crippen molar-refractivity contribution in [3.8, 4) is 0 Å². The molecule has 0 saturated carbocycles. The van der Waals surface area contributed by atoms with Gasteiger partial charge in [0.15, 0.2) is 0 Å². The predicted octanol–water partition coefficient (Wildman–Crippen LogP) is 0.433. The Morgan fingerprint density at radius 1 is 1.50 bits per heavy atom. The van der Waals surface area contributed by atoms with Crippen LogP contribution in [0.5, 0.6) is 0 Å². The fraction of sp³-hybridized carbons (Fsp3) is 0.417. The summed E-state index contributed by atoms with van der Waals surface area (Å²) in [6.07, 6.45) is -0.628. The average molecular weight is 222 g/mol. The molecule has 0 aliphatic carbocycles. The summed E-state index contributed by atoms with van der Waals surface area (Å²) >= 11 is 0. The lowest BCUT2D eigenvalue weighted by Gasteiger charge is -2.15. The van der Waals surface area contributed by atoms with Crippen LogP contribution < -0.4 is 11.1 Å². The SMILES string of the molecule is Cc1ccccc1C(=O)NCC(N)C(C)O. The highest BCUT2D eigenvalue weighted by atomic mass is 16.3. The van der Waals surface area contributed by atoms with Crippen LogP contribution in [0.4, 0.5) is 0 Å². The van der Waals surface area contributed by atoms with Gasteiger partial charge in [-0.3, -0.25) is 4.79 Å². The van der Waals surface area contributed by atoms with Crippen LogP contribution in [0.3, 0.4) is 0 Å². The Labute approximate surface area is 95.5 Å². The Hall–Kier alpha value is -1.39. The molecule has 1 aromatic carbocycles. The monoisotopic (exact) mass is 222 g/mol. The van der Waals surface area contributed by atoms with Crippen LogP contribution >= 0.6 is 0 Å². The number of carbonyl (C=O) groups excluding carboxylic acids is 1. The maximum Gasteiger partial charge on any atom is 0.251 e. The molecule has 0 fully saturated rings. The molecule has 0 radical (unpaired) electrons. The minimum Gasteiger partial charge on any atom is -0.392 e. The van der Waals surface area contributed by atoms with Gasteiger partial charge in [0.05, 0.1) is 6.10 Å². The molecular weight excluding hydrogens is 204 g/mol. The van der Waals surface area contributed by atoms with Crippen LogP contribution in [0.25, 0.3) is 0 Å². The van der Waals surface area contributed by atoms with Crippen molar-refractivity contribution in [2.75, 3.05) is 6.54 Å². The Morgan fingerprint density at radius 2 is 2.12 bits per heavy atom. The number of nitrogens with two attached hydrogens (primary N) is 1. The molecule has 4 N–H and O–H groups in total. The van der Waals surface area contributed by atoms with E-state index >= 15 is 0 Å². The zero-order valence-electron chi connectivity index (χ0n) is 9.60. The second-order valence-electron chi connectivity index (χ2n) is 3.93. The first-order valence-electron chi connectivity index (χ1n) is 5.30. The van der Waals surface area contributed by atoms with E-state index < -0.39 is 12.1 Å². The molecule has 0 spiro atoms. The van der Waals surface area contributed by atoms with Crippen LogP contribution in [-0.2, 0) is 0 Å². The minimum atomic E-state index is -0.628. The van der Waals surface area contributed by atoms with E-state index in [1.807, 2.05) is 25.1 Å². The van der Waals surface area contributed by atoms with Gasteiger partial charge in [0.1, 0.15) is 0 Å². The van der Waals surface area contributed by atoms with Crippen LogP contribution in [0, 0.1) is 6.92 Å². The Kier molecular flexibility index (Phi) is 4.46. The van der Waals surface area contributed by atoms with Crippen LogP contribution in [0.1, 0.15) is 22.8 Å². The standard InChI is InChI=1S/C12H18N2O2/c1-8-5-3-4-6-10(8)12(16)14-7-11(13)9(2)15/h3-6,9,11,15H,7,13H2,1-2H3,(H,14,16). The van der Waals surface area contributed by atoms with Gasteiger partial charge in [-0.25, -0.2) is 0 Å². The molecule has 4 nitrogen and oxygen atoms in total. The summed E-state index contributed by atoms with van der Waals surface area (Å²) in [7, 11) is 0. The lowest BCUT2D eigenvalue weighted by molar-refractivity contribution is 0.0937. The van der Waals surface area contributed by atoms with Gasteiger partial charge in [0.2, 0.25) is 0 Å². The van der Waals surface area contributed by atoms with Gasteiger partial charge in [-0.15, -0.1) is 0 Å². The summed E-state index contributed by atoms with van der Waals surface area (Å²) in [4.78, 5) is 11.7. The van der Waals surface area contributed by atoms with Crippen molar-refractivity contribution in [3.05, 3.63) is 35.4 Å². The van der Waals surface area contributed by atoms with E-state index in [9.17, 15) is 9.90 Å². The van der Waals surface area contributed by atoms with Crippen LogP contribution in [0.2, 0.25) is 0 Å². The number of hydrogen-bond donors (Lipinski definition) is 3. The Bertz CT molecular complexity index is 364. The van der Waals surface area contributed by atoms with Crippen molar-refractivity contribution in [3.63, 3.8) is 0 Å². The number of benzene rings is 1. The molecule has 2 atom stereocenters. The first-order chi connectivity index (χ1) is 7.52. The number of rotatable bonds is 4. The van der Waals surface area contributed by atoms with E-state index in [-0.39, 0.29) is 12.5 Å². The molecule has 0 bridgehead atoms. The van der Waals surface area contributed by atoms with E-state index in [2.05, 4.69) is 5.32 Å². The molecule has 0 aliphatic rings. The first-order valence-corrected chi connectivity index (χ1v) is 5.30. The van der Waals surface area contributed by atoms with Gasteiger partial charge in [0.25, 0.3) is 5.91 Å². The molecule has 4 heteroatoms. The third kappa shape index (κ3) is 3.32. The van der Waals surface area contributed by atoms with Gasteiger partial charge in [-0.05, 0) is 25.5 Å². The van der Waals surface area contributed by atoms with Crippen molar-refractivity contribution >= 4 is 5.91 Å². The third-order valence-corrected chi connectivity index (χ3v) is 2.51. The summed E-state index contributed by atoms with van der Waals surface area (Å²) < 4.78 is 0. The van der Waals surface area contributed by atoms with Crippen molar-refractivity contribution in [1.82, 2.24) is 5.32 Å². The number of aryl methyl sites for hydroxylation is 1. The molecule has 0 heterocycles. The van der Waals surface area contributed by atoms with Crippen molar-refractivity contribution in [1.29, 1.82) is 0 Å². The van der Waals surface area contributed by atoms with Gasteiger partial charge in [-0.1, -0.05) is 18.2 Å². The fourth-order valence-corrected chi connectivity index (χ4v) is 1.30. The van der Waals surface area contributed by atoms with Gasteiger partial charge >= 0.3 is 0 Å². The number of nitrogens with one attached hydrogen (secondary N) is 1. The second kappa shape index (κ2) is 5.63. The second-order valence-corrected chi connectivity index (χ2v) is 3.93. The zero-order valence-corrected chi connectivity index (χ0v) is 9.60. The smallest absolute Gasteiger partial charge is 0.251 e. The molecule has 2 unspecified atom stereocenters. The summed E-state index contributed by atoms with van der Waals surface area (Å²) in [6, 6.07) is 6.90. The lowest BCUT2D eigenvalue weighted by Crippen LogP contribution is -2.43. The number of hydrogen-bond acceptors (Lipinski definition) is 3. The molecule has 1 amide bonds. The van der Waals surface area contributed by atoms with Crippen LogP contribution in [0.15, 0.2) is 24.3 Å². The average Bonchev–Trinajstić information content (AvgIpc) is 2.25. The van der Waals surface area contributed by atoms with E-state index in [1.54, 1.807) is 13.0 Å². The highest BCUT2D eigenvalue weighted by Crippen LogP contribution is 2.06. The number of aliphatic hydroxyl groups is 1. The number of carbonyl (C=O) groups is 1. The van der Waals surface area contributed by atoms with Crippen molar-refractivity contribution < 1.29 is 9.90 Å². The van der Waals surface area contributed by atoms with E-state index in [1.165, 1.54) is 0 Å². The molecule has 0 aromatic heterocycles. The van der Waals surface area contributed by atoms with Crippen molar-refractivity contribution in [2.24, 2.45) is 5.73 Å². The molecule has 0 saturated heterocycles. The molecule has 0 aliphatic heterocycles. The Balaban J connectivity index is 2.57. The largest absolute Gasteiger partial charge is 0.392 e. The molecule has 1 aromatic rings. The number of amides is 1. The summed E-state index contributed by atoms with van der Waals surface area (Å²) in [5.41, 5.74) is 7.18. The highest BCUT2D eigenvalue weighted by Gasteiger charge is 2.12. The highest BCUT2D eigenvalue weighted by molar-refractivity contribution is 5.95. The van der Waals surface area contributed by atoms with E-state index in [4.69, 9.17) is 5.73 Å². The minimum absolute atomic E-state index is 0.158. The van der Waals surface area contributed by atoms with Crippen LogP contribution in [-0.4, -0.2) is 29.7 Å².